The molecule has 18 heavy (non-hydrogen) atoms. The number of nitrogen functional groups attached to an aromatic ring is 1. The molecule has 0 heterocycles. The van der Waals surface area contributed by atoms with Gasteiger partial charge in [-0.2, -0.15) is 0 Å². The van der Waals surface area contributed by atoms with Crippen molar-refractivity contribution in [2.75, 3.05) is 12.3 Å². The van der Waals surface area contributed by atoms with Gasteiger partial charge in [0.05, 0.1) is 5.56 Å². The van der Waals surface area contributed by atoms with Crippen LogP contribution >= 0.6 is 0 Å². The molecular weight excluding hydrogens is 224 g/mol. The number of benzene rings is 1. The number of anilines is 1. The molecule has 1 aliphatic carbocycles. The second-order valence-electron chi connectivity index (χ2n) is 5.53. The van der Waals surface area contributed by atoms with Gasteiger partial charge in [-0.05, 0) is 51.2 Å². The molecule has 1 aromatic rings. The Balaban J connectivity index is 2.23. The molecule has 3 nitrogen and oxygen atoms in total. The highest BCUT2D eigenvalue weighted by Crippen LogP contribution is 2.31. The maximum absolute atomic E-state index is 12.6. The number of carbonyl (C=O) groups excluding carboxylic acids is 1. The molecule has 0 unspecified atom stereocenters. The second-order valence-corrected chi connectivity index (χ2v) is 5.53. The van der Waals surface area contributed by atoms with E-state index in [4.69, 9.17) is 5.73 Å². The summed E-state index contributed by atoms with van der Waals surface area (Å²) in [5.74, 6) is 0.764. The quantitative estimate of drug-likeness (QED) is 0.830. The van der Waals surface area contributed by atoms with Crippen LogP contribution in [0.5, 0.6) is 0 Å². The van der Waals surface area contributed by atoms with Crippen LogP contribution in [0, 0.1) is 12.8 Å². The molecule has 0 saturated heterocycles. The van der Waals surface area contributed by atoms with Gasteiger partial charge in [-0.25, -0.2) is 0 Å². The van der Waals surface area contributed by atoms with Gasteiger partial charge in [0.1, 0.15) is 0 Å². The SMILES string of the molecule is Cc1cccc(C(=O)N(CC2CC2)C(C)C)c1N. The summed E-state index contributed by atoms with van der Waals surface area (Å²) in [6.07, 6.45) is 2.50. The van der Waals surface area contributed by atoms with E-state index in [9.17, 15) is 4.79 Å². The lowest BCUT2D eigenvalue weighted by atomic mass is 10.1. The smallest absolute Gasteiger partial charge is 0.256 e. The minimum Gasteiger partial charge on any atom is -0.398 e. The first-order valence-electron chi connectivity index (χ1n) is 6.66. The van der Waals surface area contributed by atoms with E-state index in [-0.39, 0.29) is 11.9 Å². The van der Waals surface area contributed by atoms with Crippen molar-refractivity contribution in [3.8, 4) is 0 Å². The molecule has 2 rings (SSSR count). The van der Waals surface area contributed by atoms with E-state index >= 15 is 0 Å². The number of rotatable bonds is 4. The zero-order valence-corrected chi connectivity index (χ0v) is 11.4. The summed E-state index contributed by atoms with van der Waals surface area (Å²) in [6.45, 7) is 6.93. The topological polar surface area (TPSA) is 46.3 Å². The van der Waals surface area contributed by atoms with E-state index in [1.54, 1.807) is 0 Å². The molecule has 0 aliphatic heterocycles. The Labute approximate surface area is 109 Å². The van der Waals surface area contributed by atoms with Crippen molar-refractivity contribution in [1.29, 1.82) is 0 Å². The maximum Gasteiger partial charge on any atom is 0.256 e. The summed E-state index contributed by atoms with van der Waals surface area (Å²) in [7, 11) is 0. The van der Waals surface area contributed by atoms with E-state index in [0.717, 1.165) is 12.1 Å². The highest BCUT2D eigenvalue weighted by atomic mass is 16.2. The van der Waals surface area contributed by atoms with Crippen molar-refractivity contribution in [2.45, 2.75) is 39.7 Å². The number of nitrogens with zero attached hydrogens (tertiary/aromatic N) is 1. The summed E-state index contributed by atoms with van der Waals surface area (Å²) >= 11 is 0. The Kier molecular flexibility index (Phi) is 3.60. The molecule has 1 saturated carbocycles. The summed E-state index contributed by atoms with van der Waals surface area (Å²) in [4.78, 5) is 14.5. The van der Waals surface area contributed by atoms with Gasteiger partial charge in [-0.1, -0.05) is 12.1 Å². The average molecular weight is 246 g/mol. The monoisotopic (exact) mass is 246 g/mol. The van der Waals surface area contributed by atoms with Crippen LogP contribution in [0.2, 0.25) is 0 Å². The van der Waals surface area contributed by atoms with Crippen LogP contribution in [0.3, 0.4) is 0 Å². The Hall–Kier alpha value is -1.51. The minimum atomic E-state index is 0.0677. The third kappa shape index (κ3) is 2.66. The Morgan fingerprint density at radius 1 is 1.44 bits per heavy atom. The van der Waals surface area contributed by atoms with Gasteiger partial charge in [-0.15, -0.1) is 0 Å². The molecule has 0 atom stereocenters. The number of aryl methyl sites for hydroxylation is 1. The second kappa shape index (κ2) is 5.01. The third-order valence-electron chi connectivity index (χ3n) is 3.59. The van der Waals surface area contributed by atoms with E-state index < -0.39 is 0 Å². The molecule has 1 aliphatic rings. The zero-order chi connectivity index (χ0) is 13.3. The van der Waals surface area contributed by atoms with E-state index in [1.807, 2.05) is 30.0 Å². The molecule has 0 radical (unpaired) electrons. The van der Waals surface area contributed by atoms with Gasteiger partial charge < -0.3 is 10.6 Å². The molecule has 1 amide bonds. The molecule has 0 bridgehead atoms. The molecule has 98 valence electrons. The number of carbonyl (C=O) groups is 1. The summed E-state index contributed by atoms with van der Waals surface area (Å²) in [5, 5.41) is 0. The van der Waals surface area contributed by atoms with Crippen LogP contribution in [-0.4, -0.2) is 23.4 Å². The van der Waals surface area contributed by atoms with Gasteiger partial charge in [0, 0.05) is 18.3 Å². The first-order valence-corrected chi connectivity index (χ1v) is 6.66. The Morgan fingerprint density at radius 3 is 2.67 bits per heavy atom. The standard InChI is InChI=1S/C15H22N2O/c1-10(2)17(9-12-7-8-12)15(18)13-6-4-5-11(3)14(13)16/h4-6,10,12H,7-9,16H2,1-3H3. The summed E-state index contributed by atoms with van der Waals surface area (Å²) in [6, 6.07) is 5.88. The molecule has 2 N–H and O–H groups in total. The predicted octanol–water partition coefficient (Wildman–Crippen LogP) is 2.84. The summed E-state index contributed by atoms with van der Waals surface area (Å²) in [5.41, 5.74) is 8.25. The van der Waals surface area contributed by atoms with E-state index in [0.29, 0.717) is 17.2 Å². The van der Waals surface area contributed by atoms with E-state index in [2.05, 4.69) is 13.8 Å². The normalized spacial score (nSPS) is 14.9. The van der Waals surface area contributed by atoms with Gasteiger partial charge in [-0.3, -0.25) is 4.79 Å². The zero-order valence-electron chi connectivity index (χ0n) is 11.4. The van der Waals surface area contributed by atoms with Crippen LogP contribution in [-0.2, 0) is 0 Å². The lowest BCUT2D eigenvalue weighted by molar-refractivity contribution is 0.0697. The number of amides is 1. The molecule has 1 fully saturated rings. The van der Waals surface area contributed by atoms with Gasteiger partial charge in [0.2, 0.25) is 0 Å². The van der Waals surface area contributed by atoms with Crippen LogP contribution in [0.15, 0.2) is 18.2 Å². The molecule has 1 aromatic carbocycles. The van der Waals surface area contributed by atoms with Crippen LogP contribution < -0.4 is 5.73 Å². The van der Waals surface area contributed by atoms with Gasteiger partial charge in [0.25, 0.3) is 5.91 Å². The number of hydrogen-bond donors (Lipinski definition) is 1. The molecule has 3 heteroatoms. The van der Waals surface area contributed by atoms with E-state index in [1.165, 1.54) is 12.8 Å². The maximum atomic E-state index is 12.6. The largest absolute Gasteiger partial charge is 0.398 e. The number of nitrogens with two attached hydrogens (primary N) is 1. The first kappa shape index (κ1) is 12.9. The number of para-hydroxylation sites is 1. The molecular formula is C15H22N2O. The molecule has 0 spiro atoms. The minimum absolute atomic E-state index is 0.0677. The fourth-order valence-electron chi connectivity index (χ4n) is 2.13. The fraction of sp³-hybridized carbons (Fsp3) is 0.533. The lowest BCUT2D eigenvalue weighted by Crippen LogP contribution is -2.38. The van der Waals surface area contributed by atoms with Crippen molar-refractivity contribution in [3.05, 3.63) is 29.3 Å². The molecule has 0 aromatic heterocycles. The highest BCUT2D eigenvalue weighted by molar-refractivity contribution is 5.99. The van der Waals surface area contributed by atoms with Crippen molar-refractivity contribution >= 4 is 11.6 Å². The fourth-order valence-corrected chi connectivity index (χ4v) is 2.13. The van der Waals surface area contributed by atoms with Crippen LogP contribution in [0.1, 0.15) is 42.6 Å². The van der Waals surface area contributed by atoms with Crippen molar-refractivity contribution < 1.29 is 4.79 Å². The first-order chi connectivity index (χ1) is 8.50. The predicted molar refractivity (Wildman–Crippen MR) is 74.5 cm³/mol. The van der Waals surface area contributed by atoms with Gasteiger partial charge in [0.15, 0.2) is 0 Å². The number of hydrogen-bond acceptors (Lipinski definition) is 2. The lowest BCUT2D eigenvalue weighted by Gasteiger charge is -2.27. The Bertz CT molecular complexity index is 450. The van der Waals surface area contributed by atoms with Crippen molar-refractivity contribution in [1.82, 2.24) is 4.90 Å². The van der Waals surface area contributed by atoms with Gasteiger partial charge >= 0.3 is 0 Å². The van der Waals surface area contributed by atoms with Crippen molar-refractivity contribution in [3.63, 3.8) is 0 Å². The summed E-state index contributed by atoms with van der Waals surface area (Å²) < 4.78 is 0. The van der Waals surface area contributed by atoms with Crippen LogP contribution in [0.4, 0.5) is 5.69 Å². The van der Waals surface area contributed by atoms with Crippen LogP contribution in [0.25, 0.3) is 0 Å². The van der Waals surface area contributed by atoms with Crippen molar-refractivity contribution in [2.24, 2.45) is 5.92 Å². The third-order valence-corrected chi connectivity index (χ3v) is 3.59. The Morgan fingerprint density at radius 2 is 2.11 bits per heavy atom. The average Bonchev–Trinajstić information content (AvgIpc) is 3.12. The highest BCUT2D eigenvalue weighted by Gasteiger charge is 2.29.